The van der Waals surface area contributed by atoms with Crippen molar-refractivity contribution in [3.05, 3.63) is 0 Å². The molecule has 0 aliphatic heterocycles. The molecule has 3 heteroatoms. The number of nitrogens with one attached hydrogen (secondary N) is 1. The summed E-state index contributed by atoms with van der Waals surface area (Å²) in [5.74, 6) is 0. The fourth-order valence-corrected chi connectivity index (χ4v) is 0. The van der Waals surface area contributed by atoms with Gasteiger partial charge in [-0.15, -0.1) is 0 Å². The molecule has 0 heterocycles. The molecule has 0 atom stereocenters. The van der Waals surface area contributed by atoms with Crippen LogP contribution in [0.1, 0.15) is 6.92 Å². The molecule has 0 saturated heterocycles. The maximum absolute atomic E-state index is 7.57. The van der Waals surface area contributed by atoms with E-state index in [1.165, 1.54) is 0 Å². The fraction of sp³-hybridized carbons (Fsp3) is 1.00. The SMILES string of the molecule is CCO.CNC.[NaH]. The summed E-state index contributed by atoms with van der Waals surface area (Å²) in [6.07, 6.45) is 0. The first-order chi connectivity index (χ1) is 2.83. The van der Waals surface area contributed by atoms with Gasteiger partial charge in [-0.05, 0) is 21.0 Å². The van der Waals surface area contributed by atoms with Crippen molar-refractivity contribution in [3.8, 4) is 0 Å². The van der Waals surface area contributed by atoms with Gasteiger partial charge in [-0.3, -0.25) is 0 Å². The molecule has 7 heavy (non-hydrogen) atoms. The predicted molar refractivity (Wildman–Crippen MR) is 34.9 cm³/mol. The zero-order valence-corrected chi connectivity index (χ0v) is 4.65. The van der Waals surface area contributed by atoms with Crippen molar-refractivity contribution in [3.63, 3.8) is 0 Å². The molecule has 0 aliphatic carbocycles. The second kappa shape index (κ2) is 28.4. The van der Waals surface area contributed by atoms with Crippen LogP contribution in [0.3, 0.4) is 0 Å². The summed E-state index contributed by atoms with van der Waals surface area (Å²) in [5.41, 5.74) is 0. The molecule has 2 N–H and O–H groups in total. The van der Waals surface area contributed by atoms with Crippen LogP contribution in [-0.4, -0.2) is 55.4 Å². The van der Waals surface area contributed by atoms with E-state index in [-0.39, 0.29) is 36.2 Å². The van der Waals surface area contributed by atoms with E-state index in [0.29, 0.717) is 0 Å². The van der Waals surface area contributed by atoms with Gasteiger partial charge in [0.25, 0.3) is 0 Å². The van der Waals surface area contributed by atoms with Crippen molar-refractivity contribution in [1.29, 1.82) is 0 Å². The molecule has 0 spiro atoms. The molecule has 0 aliphatic rings. The van der Waals surface area contributed by atoms with Crippen LogP contribution in [0.2, 0.25) is 0 Å². The van der Waals surface area contributed by atoms with Gasteiger partial charge in [0.1, 0.15) is 0 Å². The molecular weight excluding hydrogens is 101 g/mol. The molecule has 0 saturated carbocycles. The van der Waals surface area contributed by atoms with E-state index in [0.717, 1.165) is 0 Å². The Morgan fingerprint density at radius 2 is 1.43 bits per heavy atom. The van der Waals surface area contributed by atoms with Gasteiger partial charge >= 0.3 is 29.6 Å². The number of hydrogen-bond donors (Lipinski definition) is 2. The van der Waals surface area contributed by atoms with Crippen LogP contribution in [0.4, 0.5) is 0 Å². The van der Waals surface area contributed by atoms with Crippen LogP contribution < -0.4 is 5.32 Å². The maximum atomic E-state index is 7.57. The molecule has 2 nitrogen and oxygen atoms in total. The fourth-order valence-electron chi connectivity index (χ4n) is 0. The summed E-state index contributed by atoms with van der Waals surface area (Å²) in [6.45, 7) is 1.93. The summed E-state index contributed by atoms with van der Waals surface area (Å²) in [4.78, 5) is 0. The van der Waals surface area contributed by atoms with Gasteiger partial charge in [-0.25, -0.2) is 0 Å². The van der Waals surface area contributed by atoms with Gasteiger partial charge in [0, 0.05) is 6.61 Å². The Morgan fingerprint density at radius 1 is 1.43 bits per heavy atom. The average molecular weight is 115 g/mol. The Morgan fingerprint density at radius 3 is 1.43 bits per heavy atom. The number of hydrogen-bond acceptors (Lipinski definition) is 2. The van der Waals surface area contributed by atoms with Crippen molar-refractivity contribution >= 4 is 29.6 Å². The van der Waals surface area contributed by atoms with E-state index in [9.17, 15) is 0 Å². The first kappa shape index (κ1) is 15.7. The van der Waals surface area contributed by atoms with Crippen LogP contribution in [0.15, 0.2) is 0 Å². The average Bonchev–Trinajstić information content (AvgIpc) is 1.39. The molecule has 0 aromatic carbocycles. The van der Waals surface area contributed by atoms with Crippen molar-refractivity contribution < 1.29 is 5.11 Å². The van der Waals surface area contributed by atoms with Gasteiger partial charge in [0.05, 0.1) is 0 Å². The molecule has 0 rings (SSSR count). The standard InChI is InChI=1S/C2H7N.C2H6O.Na.H/c1-3-2;1-2-3;;/h3H,1-2H3;3H,2H2,1H3;;. The molecule has 42 valence electrons. The molecule has 0 radical (unpaired) electrons. The minimum atomic E-state index is 0. The first-order valence-corrected chi connectivity index (χ1v) is 2.02. The number of rotatable bonds is 0. The van der Waals surface area contributed by atoms with Gasteiger partial charge in [-0.1, -0.05) is 0 Å². The zero-order valence-electron chi connectivity index (χ0n) is 4.65. The summed E-state index contributed by atoms with van der Waals surface area (Å²) in [6, 6.07) is 0. The van der Waals surface area contributed by atoms with E-state index in [1.807, 2.05) is 14.1 Å². The third kappa shape index (κ3) is 198. The molecule has 0 bridgehead atoms. The van der Waals surface area contributed by atoms with E-state index in [2.05, 4.69) is 5.32 Å². The van der Waals surface area contributed by atoms with Crippen LogP contribution in [0.25, 0.3) is 0 Å². The number of aliphatic hydroxyl groups excluding tert-OH is 1. The van der Waals surface area contributed by atoms with E-state index >= 15 is 0 Å². The first-order valence-electron chi connectivity index (χ1n) is 2.02. The van der Waals surface area contributed by atoms with Gasteiger partial charge < -0.3 is 10.4 Å². The predicted octanol–water partition coefficient (Wildman–Crippen LogP) is -0.814. The monoisotopic (exact) mass is 115 g/mol. The third-order valence-electron chi connectivity index (χ3n) is 0. The second-order valence-electron chi connectivity index (χ2n) is 0.816. The van der Waals surface area contributed by atoms with Crippen molar-refractivity contribution in [2.24, 2.45) is 0 Å². The Balaban J connectivity index is -0.0000000400. The molecule has 0 unspecified atom stereocenters. The topological polar surface area (TPSA) is 32.3 Å². The van der Waals surface area contributed by atoms with E-state index in [1.54, 1.807) is 6.92 Å². The molecular formula is C4H14NNaO. The van der Waals surface area contributed by atoms with Crippen molar-refractivity contribution in [2.45, 2.75) is 6.92 Å². The molecule has 0 amide bonds. The third-order valence-corrected chi connectivity index (χ3v) is 0. The summed E-state index contributed by atoms with van der Waals surface area (Å²) in [5, 5.41) is 10.3. The second-order valence-corrected chi connectivity index (χ2v) is 0.816. The van der Waals surface area contributed by atoms with Gasteiger partial charge in [-0.2, -0.15) is 0 Å². The molecule has 0 aromatic rings. The van der Waals surface area contributed by atoms with Crippen LogP contribution in [0.5, 0.6) is 0 Å². The van der Waals surface area contributed by atoms with Crippen LogP contribution in [-0.2, 0) is 0 Å². The summed E-state index contributed by atoms with van der Waals surface area (Å²) in [7, 11) is 3.75. The summed E-state index contributed by atoms with van der Waals surface area (Å²) < 4.78 is 0. The minimum absolute atomic E-state index is 0. The van der Waals surface area contributed by atoms with Gasteiger partial charge in [0.15, 0.2) is 0 Å². The molecule has 0 aromatic heterocycles. The Kier molecular flexibility index (Phi) is 63.7. The zero-order chi connectivity index (χ0) is 5.41. The van der Waals surface area contributed by atoms with E-state index in [4.69, 9.17) is 5.11 Å². The Labute approximate surface area is 67.6 Å². The van der Waals surface area contributed by atoms with E-state index < -0.39 is 0 Å². The van der Waals surface area contributed by atoms with Crippen molar-refractivity contribution in [1.82, 2.24) is 5.32 Å². The number of aliphatic hydroxyl groups is 1. The van der Waals surface area contributed by atoms with Crippen LogP contribution in [0, 0.1) is 0 Å². The van der Waals surface area contributed by atoms with Crippen LogP contribution >= 0.6 is 0 Å². The Bertz CT molecular complexity index is 13.7. The normalized spacial score (nSPS) is 5.14. The van der Waals surface area contributed by atoms with Gasteiger partial charge in [0.2, 0.25) is 0 Å². The molecule has 0 fully saturated rings. The quantitative estimate of drug-likeness (QED) is 0.404. The van der Waals surface area contributed by atoms with Crippen molar-refractivity contribution in [2.75, 3.05) is 20.7 Å². The summed E-state index contributed by atoms with van der Waals surface area (Å²) >= 11 is 0. The Hall–Kier alpha value is 0.920.